The van der Waals surface area contributed by atoms with Gasteiger partial charge in [0.2, 0.25) is 0 Å². The van der Waals surface area contributed by atoms with E-state index < -0.39 is 0 Å². The summed E-state index contributed by atoms with van der Waals surface area (Å²) in [6.45, 7) is 6.13. The zero-order chi connectivity index (χ0) is 15.0. The van der Waals surface area contributed by atoms with Gasteiger partial charge in [-0.3, -0.25) is 4.98 Å². The molecule has 0 unspecified atom stereocenters. The fraction of sp³-hybridized carbons (Fsp3) is 0.167. The first-order valence-electron chi connectivity index (χ1n) is 6.85. The van der Waals surface area contributed by atoms with Gasteiger partial charge in [-0.2, -0.15) is 0 Å². The van der Waals surface area contributed by atoms with E-state index in [0.717, 1.165) is 33.7 Å². The number of fused-ring (bicyclic) bond motifs is 1. The number of aromatic nitrogens is 1. The van der Waals surface area contributed by atoms with Crippen LogP contribution in [0, 0.1) is 20.8 Å². The lowest BCUT2D eigenvalue weighted by Gasteiger charge is -2.11. The lowest BCUT2D eigenvalue weighted by atomic mass is 10.1. The molecule has 3 rings (SSSR count). The molecule has 0 spiro atoms. The van der Waals surface area contributed by atoms with Gasteiger partial charge in [-0.05, 0) is 74.4 Å². The Morgan fingerprint density at radius 3 is 2.27 bits per heavy atom. The quantitative estimate of drug-likeness (QED) is 0.683. The van der Waals surface area contributed by atoms with E-state index in [9.17, 15) is 0 Å². The topological polar surface area (TPSA) is 53.6 Å². The lowest BCUT2D eigenvalue weighted by molar-refractivity contribution is 0.479. The summed E-state index contributed by atoms with van der Waals surface area (Å²) in [6.07, 6.45) is 0. The molecule has 0 radical (unpaired) electrons. The molecule has 0 aliphatic carbocycles. The highest BCUT2D eigenvalue weighted by molar-refractivity contribution is 6.30. The van der Waals surface area contributed by atoms with E-state index in [-0.39, 0.29) is 5.48 Å². The smallest absolute Gasteiger partial charge is 0.131 e. The molecule has 3 nitrogen and oxygen atoms in total. The second kappa shape index (κ2) is 6.34. The van der Waals surface area contributed by atoms with Crippen LogP contribution in [-0.2, 0) is 0 Å². The van der Waals surface area contributed by atoms with Gasteiger partial charge in [0.1, 0.15) is 11.5 Å². The van der Waals surface area contributed by atoms with Gasteiger partial charge in [-0.25, -0.2) is 0 Å². The summed E-state index contributed by atoms with van der Waals surface area (Å²) in [7, 11) is 0. The van der Waals surface area contributed by atoms with Crippen LogP contribution in [0.3, 0.4) is 0 Å². The third-order valence-corrected chi connectivity index (χ3v) is 3.85. The highest BCUT2D eigenvalue weighted by atomic mass is 35.5. The Hall–Kier alpha value is -2.10. The van der Waals surface area contributed by atoms with E-state index in [1.165, 1.54) is 5.56 Å². The van der Waals surface area contributed by atoms with E-state index in [4.69, 9.17) is 16.3 Å². The van der Waals surface area contributed by atoms with Crippen LogP contribution in [0.2, 0.25) is 5.02 Å². The lowest BCUT2D eigenvalue weighted by Crippen LogP contribution is -1.92. The van der Waals surface area contributed by atoms with Gasteiger partial charge in [0.15, 0.2) is 0 Å². The van der Waals surface area contributed by atoms with Crippen molar-refractivity contribution >= 4 is 22.5 Å². The Balaban J connectivity index is 0.00000176. The van der Waals surface area contributed by atoms with Gasteiger partial charge in [0, 0.05) is 16.1 Å². The second-order valence-electron chi connectivity index (χ2n) is 5.26. The summed E-state index contributed by atoms with van der Waals surface area (Å²) >= 11 is 5.89. The minimum absolute atomic E-state index is 0. The molecule has 0 amide bonds. The highest BCUT2D eigenvalue weighted by Crippen LogP contribution is 2.30. The van der Waals surface area contributed by atoms with Crippen molar-refractivity contribution in [1.29, 1.82) is 0 Å². The average molecular weight is 316 g/mol. The first-order chi connectivity index (χ1) is 10.0. The van der Waals surface area contributed by atoms with Crippen molar-refractivity contribution in [1.82, 2.24) is 4.98 Å². The minimum atomic E-state index is 0. The van der Waals surface area contributed by atoms with Crippen LogP contribution in [-0.4, -0.2) is 10.5 Å². The van der Waals surface area contributed by atoms with Crippen LogP contribution < -0.4 is 4.74 Å². The molecule has 0 fully saturated rings. The summed E-state index contributed by atoms with van der Waals surface area (Å²) in [4.78, 5) is 4.62. The number of pyridine rings is 1. The van der Waals surface area contributed by atoms with Gasteiger partial charge in [-0.15, -0.1) is 0 Å². The first kappa shape index (κ1) is 16.3. The standard InChI is InChI=1S/C18H16ClNO.H2O/c1-11-8-14-10-18(12(2)9-17(14)20-13(11)3)21-16-6-4-15(19)5-7-16;/h4-10H,1-3H3;1H2. The predicted octanol–water partition coefficient (Wildman–Crippen LogP) is 4.78. The number of hydrogen-bond donors (Lipinski definition) is 0. The minimum Gasteiger partial charge on any atom is -0.457 e. The SMILES string of the molecule is Cc1cc2nc(C)c(C)cc2cc1Oc1ccc(Cl)cc1.O. The molecule has 1 aromatic heterocycles. The molecule has 4 heteroatoms. The summed E-state index contributed by atoms with van der Waals surface area (Å²) in [6, 6.07) is 13.6. The van der Waals surface area contributed by atoms with Gasteiger partial charge < -0.3 is 10.2 Å². The van der Waals surface area contributed by atoms with Crippen LogP contribution in [0.5, 0.6) is 11.5 Å². The third kappa shape index (κ3) is 3.21. The van der Waals surface area contributed by atoms with Crippen molar-refractivity contribution in [2.45, 2.75) is 20.8 Å². The molecule has 114 valence electrons. The van der Waals surface area contributed by atoms with Crippen molar-refractivity contribution in [3.8, 4) is 11.5 Å². The predicted molar refractivity (Wildman–Crippen MR) is 91.1 cm³/mol. The Labute approximate surface area is 134 Å². The molecule has 0 saturated carbocycles. The number of benzene rings is 2. The Bertz CT molecular complexity index is 813. The summed E-state index contributed by atoms with van der Waals surface area (Å²) in [5.41, 5.74) is 4.31. The molecule has 2 N–H and O–H groups in total. The average Bonchev–Trinajstić information content (AvgIpc) is 2.44. The number of ether oxygens (including phenoxy) is 1. The first-order valence-corrected chi connectivity index (χ1v) is 7.23. The molecule has 22 heavy (non-hydrogen) atoms. The van der Waals surface area contributed by atoms with Crippen molar-refractivity contribution in [2.75, 3.05) is 0 Å². The van der Waals surface area contributed by atoms with Gasteiger partial charge >= 0.3 is 0 Å². The number of aryl methyl sites for hydroxylation is 3. The normalized spacial score (nSPS) is 10.4. The van der Waals surface area contributed by atoms with E-state index in [0.29, 0.717) is 5.02 Å². The summed E-state index contributed by atoms with van der Waals surface area (Å²) in [5, 5.41) is 1.79. The van der Waals surface area contributed by atoms with E-state index in [2.05, 4.69) is 24.0 Å². The van der Waals surface area contributed by atoms with Crippen molar-refractivity contribution in [2.24, 2.45) is 0 Å². The summed E-state index contributed by atoms with van der Waals surface area (Å²) < 4.78 is 5.96. The summed E-state index contributed by atoms with van der Waals surface area (Å²) in [5.74, 6) is 1.62. The fourth-order valence-electron chi connectivity index (χ4n) is 2.25. The maximum absolute atomic E-state index is 5.96. The van der Waals surface area contributed by atoms with Gasteiger partial charge in [0.05, 0.1) is 5.52 Å². The Morgan fingerprint density at radius 1 is 0.909 bits per heavy atom. The molecule has 1 heterocycles. The monoisotopic (exact) mass is 315 g/mol. The number of rotatable bonds is 2. The van der Waals surface area contributed by atoms with Crippen LogP contribution >= 0.6 is 11.6 Å². The molecule has 3 aromatic rings. The fourth-order valence-corrected chi connectivity index (χ4v) is 2.37. The molecule has 0 saturated heterocycles. The molecule has 0 bridgehead atoms. The van der Waals surface area contributed by atoms with Crippen LogP contribution in [0.25, 0.3) is 10.9 Å². The number of halogens is 1. The van der Waals surface area contributed by atoms with Crippen molar-refractivity contribution < 1.29 is 10.2 Å². The zero-order valence-corrected chi connectivity index (χ0v) is 13.5. The Kier molecular flexibility index (Phi) is 4.69. The maximum Gasteiger partial charge on any atom is 0.131 e. The second-order valence-corrected chi connectivity index (χ2v) is 5.69. The van der Waals surface area contributed by atoms with E-state index in [1.54, 1.807) is 0 Å². The largest absolute Gasteiger partial charge is 0.457 e. The highest BCUT2D eigenvalue weighted by Gasteiger charge is 2.07. The van der Waals surface area contributed by atoms with Gasteiger partial charge in [-0.1, -0.05) is 11.6 Å². The van der Waals surface area contributed by atoms with Crippen molar-refractivity contribution in [3.63, 3.8) is 0 Å². The molecular weight excluding hydrogens is 298 g/mol. The van der Waals surface area contributed by atoms with E-state index in [1.807, 2.05) is 44.2 Å². The molecular formula is C18H18ClNO2. The van der Waals surface area contributed by atoms with Crippen LogP contribution in [0.15, 0.2) is 42.5 Å². The molecule has 0 aliphatic heterocycles. The maximum atomic E-state index is 5.96. The third-order valence-electron chi connectivity index (χ3n) is 3.60. The zero-order valence-electron chi connectivity index (χ0n) is 12.8. The number of hydrogen-bond acceptors (Lipinski definition) is 2. The Morgan fingerprint density at radius 2 is 1.59 bits per heavy atom. The van der Waals surface area contributed by atoms with Crippen LogP contribution in [0.1, 0.15) is 16.8 Å². The molecule has 0 atom stereocenters. The van der Waals surface area contributed by atoms with Crippen LogP contribution in [0.4, 0.5) is 0 Å². The van der Waals surface area contributed by atoms with Gasteiger partial charge in [0.25, 0.3) is 0 Å². The molecule has 2 aromatic carbocycles. The number of nitrogens with zero attached hydrogens (tertiary/aromatic N) is 1. The van der Waals surface area contributed by atoms with Crippen molar-refractivity contribution in [3.05, 3.63) is 64.3 Å². The van der Waals surface area contributed by atoms with E-state index >= 15 is 0 Å². The molecule has 0 aliphatic rings.